The minimum atomic E-state index is -0.274. The van der Waals surface area contributed by atoms with E-state index in [0.29, 0.717) is 37.7 Å². The first kappa shape index (κ1) is 21.1. The average molecular weight is 421 g/mol. The van der Waals surface area contributed by atoms with Crippen LogP contribution in [0.15, 0.2) is 55.0 Å². The molecule has 1 N–H and O–H groups in total. The zero-order valence-electron chi connectivity index (χ0n) is 18.0. The first-order chi connectivity index (χ1) is 15.0. The summed E-state index contributed by atoms with van der Waals surface area (Å²) in [5.41, 5.74) is 2.42. The predicted molar refractivity (Wildman–Crippen MR) is 118 cm³/mol. The molecule has 4 rings (SSSR count). The van der Waals surface area contributed by atoms with Crippen LogP contribution in [0, 0.1) is 5.92 Å². The lowest BCUT2D eigenvalue weighted by Crippen LogP contribution is -2.40. The molecule has 1 aliphatic rings. The zero-order valence-corrected chi connectivity index (χ0v) is 18.0. The number of nitrogens with one attached hydrogen (secondary N) is 1. The molecule has 1 saturated heterocycles. The average Bonchev–Trinajstić information content (AvgIpc) is 3.18. The number of carbonyl (C=O) groups is 2. The van der Waals surface area contributed by atoms with Gasteiger partial charge in [0.1, 0.15) is 6.54 Å². The van der Waals surface area contributed by atoms with Crippen LogP contribution in [-0.2, 0) is 16.1 Å². The topological polar surface area (TPSA) is 78.5 Å². The Kier molecular flexibility index (Phi) is 6.32. The van der Waals surface area contributed by atoms with Gasteiger partial charge in [-0.2, -0.15) is 0 Å². The number of H-pyrrole nitrogens is 1. The van der Waals surface area contributed by atoms with Gasteiger partial charge in [0.15, 0.2) is 0 Å². The minimum absolute atomic E-state index is 0.0459. The van der Waals surface area contributed by atoms with Crippen molar-refractivity contribution in [3.05, 3.63) is 66.1 Å². The largest absolute Gasteiger partial charge is 0.370 e. The van der Waals surface area contributed by atoms with Gasteiger partial charge in [-0.3, -0.25) is 14.6 Å². The summed E-state index contributed by atoms with van der Waals surface area (Å²) < 4.78 is 6.15. The highest BCUT2D eigenvalue weighted by atomic mass is 16.5. The number of pyridine rings is 1. The number of ether oxygens (including phenoxy) is 1. The number of aromatic nitrogens is 2. The highest BCUT2D eigenvalue weighted by Crippen LogP contribution is 2.18. The number of nitrogens with zero attached hydrogens (tertiary/aromatic N) is 3. The molecule has 1 aromatic carbocycles. The number of fused-ring (bicyclic) bond motifs is 1. The maximum atomic E-state index is 13.3. The minimum Gasteiger partial charge on any atom is -0.370 e. The molecule has 0 radical (unpaired) electrons. The molecule has 0 aliphatic carbocycles. The summed E-state index contributed by atoms with van der Waals surface area (Å²) in [5, 5.41) is 1.05. The van der Waals surface area contributed by atoms with Crippen molar-refractivity contribution in [3.8, 4) is 0 Å². The van der Waals surface area contributed by atoms with Gasteiger partial charge in [-0.1, -0.05) is 26.0 Å². The first-order valence-corrected chi connectivity index (χ1v) is 10.6. The number of aromatic amines is 1. The van der Waals surface area contributed by atoms with Crippen LogP contribution in [-0.4, -0.2) is 63.9 Å². The van der Waals surface area contributed by atoms with Crippen LogP contribution in [0.3, 0.4) is 0 Å². The van der Waals surface area contributed by atoms with Crippen molar-refractivity contribution in [1.82, 2.24) is 19.8 Å². The Bertz CT molecular complexity index is 1050. The van der Waals surface area contributed by atoms with Gasteiger partial charge in [-0.15, -0.1) is 0 Å². The van der Waals surface area contributed by atoms with Gasteiger partial charge < -0.3 is 19.5 Å². The number of amides is 2. The third-order valence-corrected chi connectivity index (χ3v) is 5.41. The van der Waals surface area contributed by atoms with E-state index in [9.17, 15) is 9.59 Å². The smallest absolute Gasteiger partial charge is 0.254 e. The summed E-state index contributed by atoms with van der Waals surface area (Å²) in [6.07, 6.45) is 5.06. The van der Waals surface area contributed by atoms with Gasteiger partial charge in [0.25, 0.3) is 5.91 Å². The molecular weight excluding hydrogens is 392 g/mol. The molecule has 0 spiro atoms. The molecule has 7 heteroatoms. The molecule has 1 fully saturated rings. The molecule has 0 bridgehead atoms. The number of hydrogen-bond donors (Lipinski definition) is 1. The molecule has 3 aromatic rings. The van der Waals surface area contributed by atoms with Crippen molar-refractivity contribution in [2.24, 2.45) is 5.92 Å². The van der Waals surface area contributed by atoms with Crippen LogP contribution < -0.4 is 0 Å². The first-order valence-electron chi connectivity index (χ1n) is 10.6. The summed E-state index contributed by atoms with van der Waals surface area (Å²) in [7, 11) is 0. The van der Waals surface area contributed by atoms with Gasteiger partial charge >= 0.3 is 0 Å². The van der Waals surface area contributed by atoms with E-state index in [4.69, 9.17) is 4.74 Å². The molecule has 2 amide bonds. The van der Waals surface area contributed by atoms with Crippen LogP contribution in [0.2, 0.25) is 0 Å². The van der Waals surface area contributed by atoms with Gasteiger partial charge in [-0.25, -0.2) is 0 Å². The Morgan fingerprint density at radius 3 is 2.90 bits per heavy atom. The Hall–Kier alpha value is -3.19. The molecule has 0 unspecified atom stereocenters. The van der Waals surface area contributed by atoms with Crippen LogP contribution >= 0.6 is 0 Å². The second-order valence-corrected chi connectivity index (χ2v) is 8.45. The van der Waals surface area contributed by atoms with Crippen molar-refractivity contribution < 1.29 is 14.3 Å². The van der Waals surface area contributed by atoms with Crippen molar-refractivity contribution >= 4 is 22.7 Å². The summed E-state index contributed by atoms with van der Waals surface area (Å²) >= 11 is 0. The van der Waals surface area contributed by atoms with Gasteiger partial charge in [0, 0.05) is 49.3 Å². The van der Waals surface area contributed by atoms with E-state index < -0.39 is 0 Å². The molecule has 7 nitrogen and oxygen atoms in total. The SMILES string of the molecule is CC(C)CN1C[C@H](OCc2cccnc2)CN(C(=O)c2ccc3cc[nH]c3c2)CC1=O. The second kappa shape index (κ2) is 9.31. The van der Waals surface area contributed by atoms with Gasteiger partial charge in [-0.05, 0) is 41.1 Å². The van der Waals surface area contributed by atoms with Crippen molar-refractivity contribution in [2.75, 3.05) is 26.2 Å². The van der Waals surface area contributed by atoms with Crippen molar-refractivity contribution in [2.45, 2.75) is 26.6 Å². The zero-order chi connectivity index (χ0) is 21.8. The lowest BCUT2D eigenvalue weighted by molar-refractivity contribution is -0.132. The highest BCUT2D eigenvalue weighted by molar-refractivity contribution is 5.99. The summed E-state index contributed by atoms with van der Waals surface area (Å²) in [5.74, 6) is 0.127. The Morgan fingerprint density at radius 1 is 1.26 bits per heavy atom. The maximum absolute atomic E-state index is 13.3. The fourth-order valence-electron chi connectivity index (χ4n) is 3.92. The monoisotopic (exact) mass is 420 g/mol. The fraction of sp³-hybridized carbons (Fsp3) is 0.375. The molecule has 0 saturated carbocycles. The fourth-order valence-corrected chi connectivity index (χ4v) is 3.92. The summed E-state index contributed by atoms with van der Waals surface area (Å²) in [6.45, 7) is 6.08. The van der Waals surface area contributed by atoms with Crippen LogP contribution in [0.25, 0.3) is 10.9 Å². The predicted octanol–water partition coefficient (Wildman–Crippen LogP) is 3.09. The Morgan fingerprint density at radius 2 is 2.13 bits per heavy atom. The molecule has 3 heterocycles. The third kappa shape index (κ3) is 5.11. The molecular formula is C24H28N4O3. The Balaban J connectivity index is 1.54. The standard InChI is InChI=1S/C24H28N4O3/c1-17(2)12-27-13-21(31-16-18-4-3-8-25-11-18)14-28(15-23(27)29)24(30)20-6-5-19-7-9-26-22(19)10-20/h3-11,17,21,26H,12-16H2,1-2H3/t21-/m0/s1. The highest BCUT2D eigenvalue weighted by Gasteiger charge is 2.31. The van der Waals surface area contributed by atoms with E-state index in [2.05, 4.69) is 23.8 Å². The van der Waals surface area contributed by atoms with E-state index in [1.807, 2.05) is 47.5 Å². The normalized spacial score (nSPS) is 17.4. The molecule has 31 heavy (non-hydrogen) atoms. The van der Waals surface area contributed by atoms with Crippen molar-refractivity contribution in [3.63, 3.8) is 0 Å². The number of benzene rings is 1. The maximum Gasteiger partial charge on any atom is 0.254 e. The van der Waals surface area contributed by atoms with E-state index in [-0.39, 0.29) is 24.5 Å². The summed E-state index contributed by atoms with van der Waals surface area (Å²) in [4.78, 5) is 36.9. The van der Waals surface area contributed by atoms with E-state index in [1.54, 1.807) is 17.3 Å². The lowest BCUT2D eigenvalue weighted by atomic mass is 10.1. The number of hydrogen-bond acceptors (Lipinski definition) is 4. The van der Waals surface area contributed by atoms with Crippen LogP contribution in [0.1, 0.15) is 29.8 Å². The number of carbonyl (C=O) groups excluding carboxylic acids is 2. The quantitative estimate of drug-likeness (QED) is 0.665. The summed E-state index contributed by atoms with van der Waals surface area (Å²) in [6, 6.07) is 11.4. The van der Waals surface area contributed by atoms with Gasteiger partial charge in [0.05, 0.1) is 12.7 Å². The van der Waals surface area contributed by atoms with E-state index in [0.717, 1.165) is 16.5 Å². The van der Waals surface area contributed by atoms with Crippen LogP contribution in [0.5, 0.6) is 0 Å². The van der Waals surface area contributed by atoms with E-state index in [1.165, 1.54) is 0 Å². The number of rotatable bonds is 6. The molecule has 1 atom stereocenters. The third-order valence-electron chi connectivity index (χ3n) is 5.41. The van der Waals surface area contributed by atoms with Crippen molar-refractivity contribution in [1.29, 1.82) is 0 Å². The molecule has 1 aliphatic heterocycles. The molecule has 2 aromatic heterocycles. The van der Waals surface area contributed by atoms with E-state index >= 15 is 0 Å². The Labute approximate surface area is 182 Å². The lowest BCUT2D eigenvalue weighted by Gasteiger charge is -2.26. The molecule has 162 valence electrons. The van der Waals surface area contributed by atoms with Crippen LogP contribution in [0.4, 0.5) is 0 Å². The van der Waals surface area contributed by atoms with Gasteiger partial charge in [0.2, 0.25) is 5.91 Å². The second-order valence-electron chi connectivity index (χ2n) is 8.45.